The lowest BCUT2D eigenvalue weighted by Crippen LogP contribution is -2.14. The van der Waals surface area contributed by atoms with Crippen LogP contribution in [0.25, 0.3) is 0 Å². The average molecular weight is 409 g/mol. The molecule has 0 aliphatic carbocycles. The molecule has 148 valence electrons. The standard InChI is InChI=1S/C18H17ClN2O7/c1-24-16-4-11(3-15(19)18(16)25-2)7-20-28-9-13-6-14(21(22)23)5-12-8-26-10-27-17(12)13/h3-7H,8-10H2,1-2H3/b20-7+. The molecule has 0 bridgehead atoms. The van der Waals surface area contributed by atoms with Crippen LogP contribution in [0.4, 0.5) is 5.69 Å². The fourth-order valence-electron chi connectivity index (χ4n) is 2.71. The molecule has 1 aliphatic heterocycles. The maximum Gasteiger partial charge on any atom is 0.270 e. The Morgan fingerprint density at radius 3 is 2.82 bits per heavy atom. The van der Waals surface area contributed by atoms with E-state index >= 15 is 0 Å². The van der Waals surface area contributed by atoms with Gasteiger partial charge in [-0.3, -0.25) is 10.1 Å². The van der Waals surface area contributed by atoms with Crippen molar-refractivity contribution in [1.82, 2.24) is 0 Å². The average Bonchev–Trinajstić information content (AvgIpc) is 2.70. The molecule has 2 aromatic rings. The first-order valence-electron chi connectivity index (χ1n) is 8.11. The number of nitrogens with zero attached hydrogens (tertiary/aromatic N) is 2. The first-order valence-corrected chi connectivity index (χ1v) is 8.49. The molecule has 9 nitrogen and oxygen atoms in total. The third-order valence-corrected chi connectivity index (χ3v) is 4.22. The highest BCUT2D eigenvalue weighted by Gasteiger charge is 2.21. The van der Waals surface area contributed by atoms with E-state index < -0.39 is 4.92 Å². The molecule has 0 spiro atoms. The highest BCUT2D eigenvalue weighted by Crippen LogP contribution is 2.36. The molecule has 28 heavy (non-hydrogen) atoms. The van der Waals surface area contributed by atoms with Crippen molar-refractivity contribution in [3.05, 3.63) is 56.1 Å². The van der Waals surface area contributed by atoms with Crippen molar-refractivity contribution in [2.75, 3.05) is 21.0 Å². The van der Waals surface area contributed by atoms with Crippen LogP contribution < -0.4 is 14.2 Å². The Bertz CT molecular complexity index is 917. The maximum atomic E-state index is 11.1. The van der Waals surface area contributed by atoms with Crippen molar-refractivity contribution < 1.29 is 28.7 Å². The number of methoxy groups -OCH3 is 2. The van der Waals surface area contributed by atoms with Crippen molar-refractivity contribution >= 4 is 23.5 Å². The van der Waals surface area contributed by atoms with Gasteiger partial charge in [-0.05, 0) is 12.1 Å². The molecule has 0 saturated carbocycles. The summed E-state index contributed by atoms with van der Waals surface area (Å²) < 4.78 is 21.0. The van der Waals surface area contributed by atoms with E-state index in [1.54, 1.807) is 12.1 Å². The zero-order valence-electron chi connectivity index (χ0n) is 15.1. The maximum absolute atomic E-state index is 11.1. The minimum atomic E-state index is -0.479. The van der Waals surface area contributed by atoms with Crippen molar-refractivity contribution in [2.24, 2.45) is 5.16 Å². The molecule has 0 unspecified atom stereocenters. The number of oxime groups is 1. The van der Waals surface area contributed by atoms with E-state index in [0.717, 1.165) is 0 Å². The van der Waals surface area contributed by atoms with E-state index in [0.29, 0.717) is 39.0 Å². The van der Waals surface area contributed by atoms with Gasteiger partial charge in [0.05, 0.1) is 37.0 Å². The predicted octanol–water partition coefficient (Wildman–Crippen LogP) is 3.68. The summed E-state index contributed by atoms with van der Waals surface area (Å²) in [7, 11) is 2.99. The molecule has 10 heteroatoms. The molecular weight excluding hydrogens is 392 g/mol. The summed E-state index contributed by atoms with van der Waals surface area (Å²) in [6, 6.07) is 6.15. The fourth-order valence-corrected chi connectivity index (χ4v) is 3.01. The third kappa shape index (κ3) is 4.26. The quantitative estimate of drug-likeness (QED) is 0.391. The first-order chi connectivity index (χ1) is 13.5. The Labute approximate surface area is 165 Å². The number of ether oxygens (including phenoxy) is 4. The van der Waals surface area contributed by atoms with Crippen LogP contribution in [-0.4, -0.2) is 32.2 Å². The first kappa shape index (κ1) is 19.7. The summed E-state index contributed by atoms with van der Waals surface area (Å²) in [5, 5.41) is 15.4. The smallest absolute Gasteiger partial charge is 0.270 e. The van der Waals surface area contributed by atoms with Gasteiger partial charge in [0.25, 0.3) is 5.69 Å². The predicted molar refractivity (Wildman–Crippen MR) is 100 cm³/mol. The zero-order valence-corrected chi connectivity index (χ0v) is 15.9. The number of fused-ring (bicyclic) bond motifs is 1. The molecule has 1 heterocycles. The molecule has 0 aromatic heterocycles. The molecular formula is C18H17ClN2O7. The Balaban J connectivity index is 1.75. The van der Waals surface area contributed by atoms with Crippen LogP contribution in [0.5, 0.6) is 17.2 Å². The molecule has 0 atom stereocenters. The SMILES string of the molecule is COc1cc(/C=N/OCc2cc([N+](=O)[O-])cc3c2OCOC3)cc(Cl)c1OC. The monoisotopic (exact) mass is 408 g/mol. The fraction of sp³-hybridized carbons (Fsp3) is 0.278. The summed E-state index contributed by atoms with van der Waals surface area (Å²) in [4.78, 5) is 15.9. The highest BCUT2D eigenvalue weighted by molar-refractivity contribution is 6.32. The molecule has 0 N–H and O–H groups in total. The van der Waals surface area contributed by atoms with E-state index in [2.05, 4.69) is 5.16 Å². The van der Waals surface area contributed by atoms with Gasteiger partial charge in [-0.2, -0.15) is 0 Å². The van der Waals surface area contributed by atoms with Crippen molar-refractivity contribution in [2.45, 2.75) is 13.2 Å². The number of halogens is 1. The van der Waals surface area contributed by atoms with Gasteiger partial charge in [-0.1, -0.05) is 16.8 Å². The lowest BCUT2D eigenvalue weighted by Gasteiger charge is -2.20. The summed E-state index contributed by atoms with van der Waals surface area (Å²) in [6.07, 6.45) is 1.45. The van der Waals surface area contributed by atoms with Crippen molar-refractivity contribution in [3.8, 4) is 17.2 Å². The Kier molecular flexibility index (Phi) is 6.17. The second-order valence-corrected chi connectivity index (χ2v) is 6.11. The molecule has 0 radical (unpaired) electrons. The normalized spacial score (nSPS) is 13.0. The van der Waals surface area contributed by atoms with E-state index in [-0.39, 0.29) is 25.7 Å². The highest BCUT2D eigenvalue weighted by atomic mass is 35.5. The Morgan fingerprint density at radius 2 is 2.11 bits per heavy atom. The molecule has 0 amide bonds. The topological polar surface area (TPSA) is 102 Å². The van der Waals surface area contributed by atoms with Gasteiger partial charge in [0.1, 0.15) is 12.4 Å². The van der Waals surface area contributed by atoms with Crippen LogP contribution in [0.3, 0.4) is 0 Å². The Morgan fingerprint density at radius 1 is 1.29 bits per heavy atom. The lowest BCUT2D eigenvalue weighted by atomic mass is 10.1. The van der Waals surface area contributed by atoms with E-state index in [1.807, 2.05) is 0 Å². The van der Waals surface area contributed by atoms with E-state index in [4.69, 9.17) is 35.4 Å². The molecule has 0 fully saturated rings. The second kappa shape index (κ2) is 8.77. The van der Waals surface area contributed by atoms with Crippen LogP contribution in [0.1, 0.15) is 16.7 Å². The van der Waals surface area contributed by atoms with E-state index in [9.17, 15) is 10.1 Å². The van der Waals surface area contributed by atoms with Gasteiger partial charge < -0.3 is 23.8 Å². The van der Waals surface area contributed by atoms with Gasteiger partial charge in [0.15, 0.2) is 18.3 Å². The van der Waals surface area contributed by atoms with Crippen LogP contribution >= 0.6 is 11.6 Å². The van der Waals surface area contributed by atoms with Crippen LogP contribution in [0.15, 0.2) is 29.4 Å². The van der Waals surface area contributed by atoms with Gasteiger partial charge in [-0.25, -0.2) is 0 Å². The van der Waals surface area contributed by atoms with Crippen molar-refractivity contribution in [1.29, 1.82) is 0 Å². The Hall–Kier alpha value is -3.04. The summed E-state index contributed by atoms with van der Waals surface area (Å²) >= 11 is 6.15. The van der Waals surface area contributed by atoms with Gasteiger partial charge >= 0.3 is 0 Å². The number of hydrogen-bond acceptors (Lipinski definition) is 8. The largest absolute Gasteiger partial charge is 0.493 e. The molecule has 0 saturated heterocycles. The molecule has 2 aromatic carbocycles. The number of hydrogen-bond donors (Lipinski definition) is 0. The number of nitro groups is 1. The van der Waals surface area contributed by atoms with Crippen LogP contribution in [0.2, 0.25) is 5.02 Å². The molecule has 3 rings (SSSR count). The summed E-state index contributed by atoms with van der Waals surface area (Å²) in [5.74, 6) is 1.39. The summed E-state index contributed by atoms with van der Waals surface area (Å²) in [6.45, 7) is 0.296. The van der Waals surface area contributed by atoms with Crippen LogP contribution in [-0.2, 0) is 22.8 Å². The number of non-ortho nitro benzene ring substituents is 1. The lowest BCUT2D eigenvalue weighted by molar-refractivity contribution is -0.385. The van der Waals surface area contributed by atoms with Crippen molar-refractivity contribution in [3.63, 3.8) is 0 Å². The van der Waals surface area contributed by atoms with Gasteiger partial charge in [-0.15, -0.1) is 0 Å². The third-order valence-electron chi connectivity index (χ3n) is 3.93. The zero-order chi connectivity index (χ0) is 20.1. The second-order valence-electron chi connectivity index (χ2n) is 5.71. The van der Waals surface area contributed by atoms with Gasteiger partial charge in [0.2, 0.25) is 0 Å². The molecule has 1 aliphatic rings. The minimum absolute atomic E-state index is 0.0124. The number of nitro benzene ring substituents is 1. The van der Waals surface area contributed by atoms with Crippen LogP contribution in [0, 0.1) is 10.1 Å². The number of rotatable bonds is 7. The minimum Gasteiger partial charge on any atom is -0.493 e. The summed E-state index contributed by atoms with van der Waals surface area (Å²) in [5.41, 5.74) is 1.67. The van der Waals surface area contributed by atoms with Gasteiger partial charge in [0, 0.05) is 28.8 Å². The number of benzene rings is 2. The van der Waals surface area contributed by atoms with E-state index in [1.165, 1.54) is 32.6 Å².